The Hall–Kier alpha value is -2.85. The summed E-state index contributed by atoms with van der Waals surface area (Å²) < 4.78 is 5.14. The lowest BCUT2D eigenvalue weighted by molar-refractivity contribution is 0.0553. The predicted octanol–water partition coefficient (Wildman–Crippen LogP) is 3.57. The average molecular weight is 349 g/mol. The number of amides is 1. The Morgan fingerprint density at radius 1 is 1.04 bits per heavy atom. The molecule has 0 aliphatic carbocycles. The number of nitrogens with one attached hydrogen (secondary N) is 1. The Morgan fingerprint density at radius 3 is 2.46 bits per heavy atom. The predicted molar refractivity (Wildman–Crippen MR) is 104 cm³/mol. The summed E-state index contributed by atoms with van der Waals surface area (Å²) in [6.45, 7) is 1.89. The number of aliphatic hydroxyl groups is 1. The van der Waals surface area contributed by atoms with Gasteiger partial charge in [-0.25, -0.2) is 0 Å². The van der Waals surface area contributed by atoms with Gasteiger partial charge in [0.25, 0.3) is 5.91 Å². The summed E-state index contributed by atoms with van der Waals surface area (Å²) in [5.74, 6) is 0.592. The minimum atomic E-state index is -1.05. The van der Waals surface area contributed by atoms with Gasteiger partial charge in [0.1, 0.15) is 5.75 Å². The highest BCUT2D eigenvalue weighted by atomic mass is 16.5. The number of rotatable bonds is 6. The average Bonchev–Trinajstić information content (AvgIpc) is 2.66. The molecule has 1 atom stereocenters. The molecule has 1 amide bonds. The van der Waals surface area contributed by atoms with Crippen LogP contribution in [0, 0.1) is 0 Å². The maximum Gasteiger partial charge on any atom is 0.252 e. The molecule has 4 nitrogen and oxygen atoms in total. The van der Waals surface area contributed by atoms with Crippen molar-refractivity contribution in [2.75, 3.05) is 13.7 Å². The molecule has 0 fully saturated rings. The number of fused-ring (bicyclic) bond motifs is 1. The summed E-state index contributed by atoms with van der Waals surface area (Å²) in [6, 6.07) is 21.0. The molecule has 4 heteroatoms. The first-order valence-corrected chi connectivity index (χ1v) is 8.60. The van der Waals surface area contributed by atoms with Crippen molar-refractivity contribution in [1.82, 2.24) is 5.32 Å². The normalized spacial score (nSPS) is 13.2. The van der Waals surface area contributed by atoms with Crippen LogP contribution in [0.15, 0.2) is 66.7 Å². The maximum absolute atomic E-state index is 12.6. The molecular weight excluding hydrogens is 326 g/mol. The van der Waals surface area contributed by atoms with Crippen molar-refractivity contribution in [3.8, 4) is 5.75 Å². The van der Waals surface area contributed by atoms with Gasteiger partial charge in [0.2, 0.25) is 0 Å². The highest BCUT2D eigenvalue weighted by Gasteiger charge is 2.22. The van der Waals surface area contributed by atoms with Crippen LogP contribution in [0.5, 0.6) is 5.75 Å². The molecule has 0 saturated heterocycles. The molecule has 0 radical (unpaired) electrons. The van der Waals surface area contributed by atoms with E-state index in [2.05, 4.69) is 5.32 Å². The molecule has 3 rings (SSSR count). The van der Waals surface area contributed by atoms with E-state index in [1.165, 1.54) is 0 Å². The molecule has 1 unspecified atom stereocenters. The van der Waals surface area contributed by atoms with E-state index in [-0.39, 0.29) is 12.5 Å². The lowest BCUT2D eigenvalue weighted by Gasteiger charge is -2.24. The number of hydrogen-bond donors (Lipinski definition) is 2. The van der Waals surface area contributed by atoms with Crippen molar-refractivity contribution < 1.29 is 14.6 Å². The number of benzene rings is 3. The van der Waals surface area contributed by atoms with Crippen LogP contribution < -0.4 is 10.1 Å². The molecule has 26 heavy (non-hydrogen) atoms. The first-order chi connectivity index (χ1) is 12.5. The lowest BCUT2D eigenvalue weighted by Crippen LogP contribution is -2.42. The molecule has 3 aromatic rings. The van der Waals surface area contributed by atoms with Crippen molar-refractivity contribution in [2.45, 2.75) is 18.9 Å². The summed E-state index contributed by atoms with van der Waals surface area (Å²) in [4.78, 5) is 12.6. The summed E-state index contributed by atoms with van der Waals surface area (Å²) in [5.41, 5.74) is 0.549. The van der Waals surface area contributed by atoms with E-state index < -0.39 is 5.60 Å². The van der Waals surface area contributed by atoms with Gasteiger partial charge in [-0.15, -0.1) is 0 Å². The summed E-state index contributed by atoms with van der Waals surface area (Å²) in [5, 5.41) is 15.4. The first kappa shape index (κ1) is 18.0. The van der Waals surface area contributed by atoms with Crippen LogP contribution in [0.4, 0.5) is 0 Å². The van der Waals surface area contributed by atoms with Gasteiger partial charge in [0.15, 0.2) is 0 Å². The Bertz CT molecular complexity index is 895. The van der Waals surface area contributed by atoms with E-state index in [1.807, 2.05) is 60.7 Å². The van der Waals surface area contributed by atoms with Crippen LogP contribution in [0.2, 0.25) is 0 Å². The van der Waals surface area contributed by atoms with Crippen LogP contribution in [0.1, 0.15) is 22.8 Å². The van der Waals surface area contributed by atoms with Gasteiger partial charge in [-0.3, -0.25) is 4.79 Å². The molecule has 0 aromatic heterocycles. The van der Waals surface area contributed by atoms with Gasteiger partial charge in [0, 0.05) is 18.5 Å². The molecular formula is C22H23NO3. The summed E-state index contributed by atoms with van der Waals surface area (Å²) in [7, 11) is 1.62. The second-order valence-electron chi connectivity index (χ2n) is 6.73. The van der Waals surface area contributed by atoms with Crippen molar-refractivity contribution in [1.29, 1.82) is 0 Å². The molecule has 0 spiro atoms. The SMILES string of the molecule is COc1ccc(CC(C)(O)CNC(=O)c2cccc3ccccc23)cc1. The highest BCUT2D eigenvalue weighted by Crippen LogP contribution is 2.19. The van der Waals surface area contributed by atoms with Crippen molar-refractivity contribution >= 4 is 16.7 Å². The van der Waals surface area contributed by atoms with E-state index in [4.69, 9.17) is 4.74 Å². The fraction of sp³-hybridized carbons (Fsp3) is 0.227. The molecule has 0 bridgehead atoms. The fourth-order valence-electron chi connectivity index (χ4n) is 3.03. The molecule has 0 saturated carbocycles. The van der Waals surface area contributed by atoms with Crippen molar-refractivity contribution in [3.63, 3.8) is 0 Å². The number of hydrogen-bond acceptors (Lipinski definition) is 3. The summed E-state index contributed by atoms with van der Waals surface area (Å²) in [6.07, 6.45) is 0.437. The van der Waals surface area contributed by atoms with E-state index in [0.29, 0.717) is 12.0 Å². The second kappa shape index (κ2) is 7.58. The Balaban J connectivity index is 1.67. The van der Waals surface area contributed by atoms with Crippen LogP contribution in [-0.2, 0) is 6.42 Å². The zero-order valence-electron chi connectivity index (χ0n) is 15.0. The molecule has 134 valence electrons. The van der Waals surface area contributed by atoms with Crippen LogP contribution in [0.3, 0.4) is 0 Å². The fourth-order valence-corrected chi connectivity index (χ4v) is 3.03. The molecule has 3 aromatic carbocycles. The van der Waals surface area contributed by atoms with Gasteiger partial charge in [0.05, 0.1) is 12.7 Å². The van der Waals surface area contributed by atoms with Crippen LogP contribution in [-0.4, -0.2) is 30.3 Å². The molecule has 2 N–H and O–H groups in total. The Kier molecular flexibility index (Phi) is 5.24. The van der Waals surface area contributed by atoms with Crippen LogP contribution >= 0.6 is 0 Å². The number of carbonyl (C=O) groups is 1. The first-order valence-electron chi connectivity index (χ1n) is 8.60. The number of carbonyl (C=O) groups excluding carboxylic acids is 1. The minimum absolute atomic E-state index is 0.168. The van der Waals surface area contributed by atoms with Crippen LogP contribution in [0.25, 0.3) is 10.8 Å². The topological polar surface area (TPSA) is 58.6 Å². The quantitative estimate of drug-likeness (QED) is 0.715. The monoisotopic (exact) mass is 349 g/mol. The largest absolute Gasteiger partial charge is 0.497 e. The van der Waals surface area contributed by atoms with E-state index >= 15 is 0 Å². The van der Waals surface area contributed by atoms with Gasteiger partial charge < -0.3 is 15.2 Å². The van der Waals surface area contributed by atoms with E-state index in [1.54, 1.807) is 20.1 Å². The third-order valence-electron chi connectivity index (χ3n) is 4.41. The lowest BCUT2D eigenvalue weighted by atomic mass is 9.96. The van der Waals surface area contributed by atoms with Crippen molar-refractivity contribution in [2.24, 2.45) is 0 Å². The number of ether oxygens (including phenoxy) is 1. The summed E-state index contributed by atoms with van der Waals surface area (Å²) >= 11 is 0. The van der Waals surface area contributed by atoms with Gasteiger partial charge >= 0.3 is 0 Å². The molecule has 0 heterocycles. The standard InChI is InChI=1S/C22H23NO3/c1-22(25,14-16-10-12-18(26-2)13-11-16)15-23-21(24)20-9-5-7-17-6-3-4-8-19(17)20/h3-13,25H,14-15H2,1-2H3,(H,23,24). The Morgan fingerprint density at radius 2 is 1.73 bits per heavy atom. The van der Waals surface area contributed by atoms with Gasteiger partial charge in [-0.05, 0) is 41.5 Å². The zero-order valence-corrected chi connectivity index (χ0v) is 15.0. The maximum atomic E-state index is 12.6. The molecule has 0 aliphatic heterocycles. The van der Waals surface area contributed by atoms with E-state index in [9.17, 15) is 9.90 Å². The Labute approximate surface area is 153 Å². The molecule has 0 aliphatic rings. The van der Waals surface area contributed by atoms with Gasteiger partial charge in [-0.1, -0.05) is 48.5 Å². The minimum Gasteiger partial charge on any atom is -0.497 e. The smallest absolute Gasteiger partial charge is 0.252 e. The van der Waals surface area contributed by atoms with Gasteiger partial charge in [-0.2, -0.15) is 0 Å². The highest BCUT2D eigenvalue weighted by molar-refractivity contribution is 6.07. The second-order valence-corrected chi connectivity index (χ2v) is 6.73. The zero-order chi connectivity index (χ0) is 18.6. The van der Waals surface area contributed by atoms with Crippen molar-refractivity contribution in [3.05, 3.63) is 77.9 Å². The van der Waals surface area contributed by atoms with E-state index in [0.717, 1.165) is 22.1 Å². The third-order valence-corrected chi connectivity index (χ3v) is 4.41. The number of methoxy groups -OCH3 is 1. The third kappa shape index (κ3) is 4.21.